The summed E-state index contributed by atoms with van der Waals surface area (Å²) in [6, 6.07) is 0. The molecule has 0 aliphatic heterocycles. The number of unbranched alkanes of at least 4 members (excludes halogenated alkanes) is 31. The summed E-state index contributed by atoms with van der Waals surface area (Å²) >= 11 is 0. The van der Waals surface area contributed by atoms with E-state index in [1.54, 1.807) is 0 Å². The Labute approximate surface area is 489 Å². The van der Waals surface area contributed by atoms with E-state index in [4.69, 9.17) is 14.2 Å². The zero-order valence-electron chi connectivity index (χ0n) is 51.9. The van der Waals surface area contributed by atoms with E-state index >= 15 is 0 Å². The fourth-order valence-electron chi connectivity index (χ4n) is 9.26. The lowest BCUT2D eigenvalue weighted by Gasteiger charge is -2.18. The minimum absolute atomic E-state index is 0.110. The van der Waals surface area contributed by atoms with Gasteiger partial charge in [-0.15, -0.1) is 0 Å². The summed E-state index contributed by atoms with van der Waals surface area (Å²) in [7, 11) is 0. The van der Waals surface area contributed by atoms with Gasteiger partial charge in [0, 0.05) is 19.3 Å². The fourth-order valence-corrected chi connectivity index (χ4v) is 9.26. The molecule has 452 valence electrons. The molecular weight excluding hydrogens is 973 g/mol. The summed E-state index contributed by atoms with van der Waals surface area (Å²) in [5.41, 5.74) is 0. The normalized spacial score (nSPS) is 12.8. The third-order valence-electron chi connectivity index (χ3n) is 14.2. The summed E-state index contributed by atoms with van der Waals surface area (Å²) in [6.07, 6.45) is 91.3. The second-order valence-corrected chi connectivity index (χ2v) is 22.0. The summed E-state index contributed by atoms with van der Waals surface area (Å²) in [5.74, 6) is -0.996. The van der Waals surface area contributed by atoms with E-state index in [0.717, 1.165) is 96.3 Å². The van der Waals surface area contributed by atoms with Gasteiger partial charge in [0.05, 0.1) is 0 Å². The average Bonchev–Trinajstić information content (AvgIpc) is 3.45. The fraction of sp³-hybridized carbons (Fsp3) is 0.712. The average molecular weight is 1100 g/mol. The smallest absolute Gasteiger partial charge is 0.306 e. The minimum atomic E-state index is -0.823. The van der Waals surface area contributed by atoms with E-state index in [9.17, 15) is 14.4 Å². The van der Waals surface area contributed by atoms with Gasteiger partial charge >= 0.3 is 17.9 Å². The van der Waals surface area contributed by atoms with Crippen LogP contribution in [0.4, 0.5) is 0 Å². The van der Waals surface area contributed by atoms with Crippen LogP contribution in [0.25, 0.3) is 0 Å². The lowest BCUT2D eigenvalue weighted by Crippen LogP contribution is -2.30. The number of hydrogen-bond donors (Lipinski definition) is 0. The van der Waals surface area contributed by atoms with Crippen LogP contribution in [0.15, 0.2) is 109 Å². The summed E-state index contributed by atoms with van der Waals surface area (Å²) in [4.78, 5) is 38.3. The molecule has 0 amide bonds. The summed E-state index contributed by atoms with van der Waals surface area (Å²) in [6.45, 7) is 6.45. The first-order valence-corrected chi connectivity index (χ1v) is 33.4. The first-order valence-electron chi connectivity index (χ1n) is 33.4. The molecule has 0 aliphatic rings. The maximum Gasteiger partial charge on any atom is 0.306 e. The van der Waals surface area contributed by atoms with Crippen LogP contribution in [0.3, 0.4) is 0 Å². The van der Waals surface area contributed by atoms with E-state index in [1.807, 2.05) is 6.08 Å². The molecule has 0 aliphatic carbocycles. The van der Waals surface area contributed by atoms with Crippen LogP contribution in [-0.4, -0.2) is 37.2 Å². The van der Waals surface area contributed by atoms with Crippen LogP contribution in [-0.2, 0) is 28.6 Å². The molecule has 0 rings (SSSR count). The lowest BCUT2D eigenvalue weighted by molar-refractivity contribution is -0.166. The topological polar surface area (TPSA) is 78.9 Å². The number of esters is 3. The van der Waals surface area contributed by atoms with Crippen molar-refractivity contribution in [3.05, 3.63) is 109 Å². The molecule has 0 aromatic carbocycles. The van der Waals surface area contributed by atoms with Crippen LogP contribution in [0.1, 0.15) is 316 Å². The molecule has 0 fully saturated rings. The van der Waals surface area contributed by atoms with Crippen molar-refractivity contribution >= 4 is 17.9 Å². The molecule has 0 saturated carbocycles. The molecule has 0 heterocycles. The minimum Gasteiger partial charge on any atom is -0.462 e. The highest BCUT2D eigenvalue weighted by molar-refractivity contribution is 5.71. The SMILES string of the molecule is CC/C=C\C/C=C\C/C=C\C/C=C\C/C=C\C/C=C\CCC(=O)OC(COC(=O)CCCCCCC/C=C\CCCCCC)COC(=O)CCCCCCCCCCCCCCCCCCC/C=C\C/C=C\CCCCCCC. The molecular formula is C73H124O6. The predicted molar refractivity (Wildman–Crippen MR) is 343 cm³/mol. The second kappa shape index (κ2) is 66.6. The monoisotopic (exact) mass is 1100 g/mol. The van der Waals surface area contributed by atoms with Gasteiger partial charge in [-0.05, 0) is 116 Å². The zero-order valence-corrected chi connectivity index (χ0v) is 51.9. The van der Waals surface area contributed by atoms with Gasteiger partial charge in [0.25, 0.3) is 0 Å². The Balaban J connectivity index is 4.32. The van der Waals surface area contributed by atoms with Gasteiger partial charge in [-0.25, -0.2) is 0 Å². The Morgan fingerprint density at radius 1 is 0.266 bits per heavy atom. The van der Waals surface area contributed by atoms with Gasteiger partial charge in [0.2, 0.25) is 0 Å². The van der Waals surface area contributed by atoms with Gasteiger partial charge in [0.15, 0.2) is 6.10 Å². The summed E-state index contributed by atoms with van der Waals surface area (Å²) < 4.78 is 16.8. The van der Waals surface area contributed by atoms with Crippen LogP contribution in [0.2, 0.25) is 0 Å². The van der Waals surface area contributed by atoms with Crippen molar-refractivity contribution in [2.24, 2.45) is 0 Å². The Bertz CT molecular complexity index is 1590. The van der Waals surface area contributed by atoms with E-state index in [-0.39, 0.29) is 31.6 Å². The molecule has 6 heteroatoms. The summed E-state index contributed by atoms with van der Waals surface area (Å²) in [5, 5.41) is 0. The van der Waals surface area contributed by atoms with Gasteiger partial charge in [-0.2, -0.15) is 0 Å². The van der Waals surface area contributed by atoms with Crippen LogP contribution in [0.5, 0.6) is 0 Å². The Hall–Kier alpha value is -3.93. The highest BCUT2D eigenvalue weighted by Crippen LogP contribution is 2.16. The molecule has 0 saturated heterocycles. The molecule has 0 N–H and O–H groups in total. The van der Waals surface area contributed by atoms with E-state index in [0.29, 0.717) is 19.3 Å². The molecule has 79 heavy (non-hydrogen) atoms. The highest BCUT2D eigenvalue weighted by atomic mass is 16.6. The van der Waals surface area contributed by atoms with Crippen molar-refractivity contribution in [2.75, 3.05) is 13.2 Å². The van der Waals surface area contributed by atoms with Crippen LogP contribution in [0, 0.1) is 0 Å². The number of rotatable bonds is 60. The van der Waals surface area contributed by atoms with Crippen LogP contribution < -0.4 is 0 Å². The number of carbonyl (C=O) groups is 3. The Morgan fingerprint density at radius 2 is 0.519 bits per heavy atom. The maximum absolute atomic E-state index is 12.9. The standard InChI is InChI=1S/C73H124O6/c1-4-7-10-13-16-19-22-25-27-29-31-32-33-34-35-36-37-38-39-40-42-43-45-48-51-54-57-60-63-66-72(75)78-69-70(68-77-71(74)65-62-59-56-53-50-47-24-21-18-15-12-9-6-3)79-73(76)67-64-61-58-55-52-49-46-44-41-30-28-26-23-20-17-14-11-8-5-2/h8,11,17,20-22,24-26,28-29,31,41,44,49,52,58,61,70H,4-7,9-10,12-16,18-19,23,27,30,32-40,42-43,45-48,50-51,53-57,59-60,62-69H2,1-3H3/b11-8-,20-17-,24-21-,25-22-,28-26-,31-29-,44-41-,52-49-,61-58-. The first kappa shape index (κ1) is 75.1. The van der Waals surface area contributed by atoms with Gasteiger partial charge < -0.3 is 14.2 Å². The number of allylic oxidation sites excluding steroid dienone is 18. The van der Waals surface area contributed by atoms with E-state index in [2.05, 4.69) is 124 Å². The molecule has 0 radical (unpaired) electrons. The molecule has 0 bridgehead atoms. The van der Waals surface area contributed by atoms with Crippen molar-refractivity contribution < 1.29 is 28.6 Å². The molecule has 1 unspecified atom stereocenters. The molecule has 6 nitrogen and oxygen atoms in total. The van der Waals surface area contributed by atoms with E-state index in [1.165, 1.54) is 173 Å². The van der Waals surface area contributed by atoms with Crippen LogP contribution >= 0.6 is 0 Å². The van der Waals surface area contributed by atoms with Gasteiger partial charge in [0.1, 0.15) is 13.2 Å². The number of hydrogen-bond acceptors (Lipinski definition) is 6. The van der Waals surface area contributed by atoms with E-state index < -0.39 is 12.1 Å². The highest BCUT2D eigenvalue weighted by Gasteiger charge is 2.19. The van der Waals surface area contributed by atoms with Crippen molar-refractivity contribution in [1.29, 1.82) is 0 Å². The molecule has 0 aromatic rings. The van der Waals surface area contributed by atoms with Crippen molar-refractivity contribution in [3.63, 3.8) is 0 Å². The zero-order chi connectivity index (χ0) is 57.1. The number of carbonyl (C=O) groups excluding carboxylic acids is 3. The third kappa shape index (κ3) is 64.8. The van der Waals surface area contributed by atoms with Gasteiger partial charge in [-0.3, -0.25) is 14.4 Å². The van der Waals surface area contributed by atoms with Crippen molar-refractivity contribution in [1.82, 2.24) is 0 Å². The molecule has 0 spiro atoms. The quantitative estimate of drug-likeness (QED) is 0.0261. The molecule has 0 aromatic heterocycles. The van der Waals surface area contributed by atoms with Crippen molar-refractivity contribution in [2.45, 2.75) is 322 Å². The Morgan fingerprint density at radius 3 is 0.848 bits per heavy atom. The second-order valence-electron chi connectivity index (χ2n) is 22.0. The predicted octanol–water partition coefficient (Wildman–Crippen LogP) is 23.0. The lowest BCUT2D eigenvalue weighted by atomic mass is 10.0. The largest absolute Gasteiger partial charge is 0.462 e. The number of ether oxygens (including phenoxy) is 3. The molecule has 1 atom stereocenters. The third-order valence-corrected chi connectivity index (χ3v) is 14.2. The Kier molecular flexibility index (Phi) is 63.3. The first-order chi connectivity index (χ1) is 39.0. The van der Waals surface area contributed by atoms with Gasteiger partial charge in [-0.1, -0.05) is 291 Å². The van der Waals surface area contributed by atoms with Crippen molar-refractivity contribution in [3.8, 4) is 0 Å². The maximum atomic E-state index is 12.9.